The molecule has 2 amide bonds. The largest absolute Gasteiger partial charge is 0.505 e. The lowest BCUT2D eigenvalue weighted by Crippen LogP contribution is -2.16. The number of carbonyl (C=O) groups excluding carboxylic acids is 2. The SMILES string of the molecule is COc1ccc(NC(=O)c2c(N)ncnc2Cl)cc1F.Nc1ncnc(Br)c1C(=O)Nc1ccc(O)c(F)c1. The predicted octanol–water partition coefficient (Wildman–Crippen LogP) is 4.03. The molecule has 0 fully saturated rings. The molecular formula is C23H18BrClF2N8O4. The van der Waals surface area contributed by atoms with Gasteiger partial charge in [-0.25, -0.2) is 28.7 Å². The third kappa shape index (κ3) is 7.24. The molecule has 0 atom stereocenters. The molecule has 2 aromatic carbocycles. The predicted molar refractivity (Wildman–Crippen MR) is 143 cm³/mol. The van der Waals surface area contributed by atoms with E-state index in [1.54, 1.807) is 0 Å². The van der Waals surface area contributed by atoms with Crippen molar-refractivity contribution in [2.24, 2.45) is 0 Å². The van der Waals surface area contributed by atoms with Gasteiger partial charge in [0.15, 0.2) is 23.1 Å². The zero-order chi connectivity index (χ0) is 28.7. The number of phenols is 1. The molecule has 0 aliphatic carbocycles. The number of benzene rings is 2. The van der Waals surface area contributed by atoms with Gasteiger partial charge in [0.25, 0.3) is 11.8 Å². The lowest BCUT2D eigenvalue weighted by Gasteiger charge is -2.09. The molecule has 0 unspecified atom stereocenters. The molecule has 0 saturated heterocycles. The Morgan fingerprint density at radius 3 is 1.97 bits per heavy atom. The van der Waals surface area contributed by atoms with Gasteiger partial charge >= 0.3 is 0 Å². The number of nitrogens with zero attached hydrogens (tertiary/aromatic N) is 4. The summed E-state index contributed by atoms with van der Waals surface area (Å²) in [6, 6.07) is 7.45. The number of nitrogens with two attached hydrogens (primary N) is 2. The van der Waals surface area contributed by atoms with Crippen LogP contribution in [0.25, 0.3) is 0 Å². The molecule has 0 aliphatic heterocycles. The van der Waals surface area contributed by atoms with Crippen LogP contribution in [0.1, 0.15) is 20.7 Å². The van der Waals surface area contributed by atoms with Crippen LogP contribution in [0.15, 0.2) is 53.7 Å². The van der Waals surface area contributed by atoms with E-state index in [-0.39, 0.29) is 49.6 Å². The van der Waals surface area contributed by atoms with E-state index in [1.807, 2.05) is 0 Å². The normalized spacial score (nSPS) is 10.2. The van der Waals surface area contributed by atoms with Crippen LogP contribution in [0.4, 0.5) is 31.8 Å². The van der Waals surface area contributed by atoms with Crippen molar-refractivity contribution >= 4 is 62.4 Å². The Morgan fingerprint density at radius 2 is 1.44 bits per heavy atom. The van der Waals surface area contributed by atoms with Crippen molar-refractivity contribution in [1.82, 2.24) is 19.9 Å². The zero-order valence-electron chi connectivity index (χ0n) is 19.7. The minimum absolute atomic E-state index is 0.00127. The van der Waals surface area contributed by atoms with Gasteiger partial charge in [0, 0.05) is 23.5 Å². The number of amides is 2. The number of methoxy groups -OCH3 is 1. The highest BCUT2D eigenvalue weighted by atomic mass is 79.9. The van der Waals surface area contributed by atoms with Crippen molar-refractivity contribution in [1.29, 1.82) is 0 Å². The second-order valence-electron chi connectivity index (χ2n) is 7.27. The Kier molecular flexibility index (Phi) is 9.46. The molecule has 0 spiro atoms. The number of halogens is 4. The average Bonchev–Trinajstić information content (AvgIpc) is 2.86. The van der Waals surface area contributed by atoms with Crippen molar-refractivity contribution in [2.45, 2.75) is 0 Å². The van der Waals surface area contributed by atoms with Crippen LogP contribution in [0.5, 0.6) is 11.5 Å². The molecule has 12 nitrogen and oxygen atoms in total. The molecule has 39 heavy (non-hydrogen) atoms. The molecule has 4 aromatic rings. The highest BCUT2D eigenvalue weighted by molar-refractivity contribution is 9.10. The number of aromatic nitrogens is 4. The number of nitrogen functional groups attached to an aromatic ring is 2. The Hall–Kier alpha value is -4.63. The van der Waals surface area contributed by atoms with Crippen LogP contribution in [-0.2, 0) is 0 Å². The van der Waals surface area contributed by atoms with Gasteiger partial charge < -0.3 is 31.9 Å². The highest BCUT2D eigenvalue weighted by Crippen LogP contribution is 2.24. The van der Waals surface area contributed by atoms with Gasteiger partial charge in [0.1, 0.15) is 45.2 Å². The standard InChI is InChI=1S/C12H10ClFN4O2.C11H8BrFN4O2/c1-20-8-3-2-6(4-7(8)14)18-12(19)9-10(13)16-5-17-11(9)15;12-9-8(10(14)16-4-15-9)11(19)17-5-1-2-7(18)6(13)3-5/h2-5H,1H3,(H,18,19)(H2,15,16,17);1-4,18H,(H,17,19)(H2,14,15,16). The molecule has 0 radical (unpaired) electrons. The molecular weight excluding hydrogens is 606 g/mol. The van der Waals surface area contributed by atoms with Crippen molar-refractivity contribution in [2.75, 3.05) is 29.2 Å². The summed E-state index contributed by atoms with van der Waals surface area (Å²) in [6.45, 7) is 0. The van der Waals surface area contributed by atoms with Gasteiger partial charge in [-0.05, 0) is 40.2 Å². The number of carbonyl (C=O) groups is 2. The smallest absolute Gasteiger partial charge is 0.262 e. The second kappa shape index (κ2) is 12.7. The number of aromatic hydroxyl groups is 1. The minimum Gasteiger partial charge on any atom is -0.505 e. The Bertz CT molecular complexity index is 1510. The summed E-state index contributed by atoms with van der Waals surface area (Å²) in [4.78, 5) is 38.8. The minimum atomic E-state index is -0.839. The van der Waals surface area contributed by atoms with Gasteiger partial charge in [-0.3, -0.25) is 9.59 Å². The third-order valence-electron chi connectivity index (χ3n) is 4.73. The van der Waals surface area contributed by atoms with Gasteiger partial charge in [-0.15, -0.1) is 0 Å². The summed E-state index contributed by atoms with van der Waals surface area (Å²) in [5.41, 5.74) is 11.5. The first-order valence-corrected chi connectivity index (χ1v) is 11.7. The maximum atomic E-state index is 13.5. The van der Waals surface area contributed by atoms with Crippen molar-refractivity contribution in [3.05, 3.63) is 81.6 Å². The number of rotatable bonds is 5. The van der Waals surface area contributed by atoms with Crippen LogP contribution in [0.2, 0.25) is 5.15 Å². The van der Waals surface area contributed by atoms with E-state index < -0.39 is 29.2 Å². The van der Waals surface area contributed by atoms with Crippen LogP contribution in [0, 0.1) is 11.6 Å². The van der Waals surface area contributed by atoms with E-state index >= 15 is 0 Å². The van der Waals surface area contributed by atoms with Crippen LogP contribution in [0.3, 0.4) is 0 Å². The molecule has 0 bridgehead atoms. The number of nitrogens with one attached hydrogen (secondary N) is 2. The molecule has 16 heteroatoms. The van der Waals surface area contributed by atoms with Crippen LogP contribution < -0.4 is 26.8 Å². The van der Waals surface area contributed by atoms with E-state index in [0.29, 0.717) is 0 Å². The maximum absolute atomic E-state index is 13.5. The lowest BCUT2D eigenvalue weighted by molar-refractivity contribution is 0.101. The third-order valence-corrected chi connectivity index (χ3v) is 5.62. The second-order valence-corrected chi connectivity index (χ2v) is 8.38. The maximum Gasteiger partial charge on any atom is 0.262 e. The molecule has 2 heterocycles. The van der Waals surface area contributed by atoms with Crippen LogP contribution in [-0.4, -0.2) is 44.0 Å². The van der Waals surface area contributed by atoms with Gasteiger partial charge in [0.2, 0.25) is 0 Å². The number of hydrogen-bond acceptors (Lipinski definition) is 10. The van der Waals surface area contributed by atoms with E-state index in [9.17, 15) is 18.4 Å². The summed E-state index contributed by atoms with van der Waals surface area (Å²) < 4.78 is 31.7. The summed E-state index contributed by atoms with van der Waals surface area (Å²) in [5.74, 6) is -3.14. The monoisotopic (exact) mass is 622 g/mol. The quantitative estimate of drug-likeness (QED) is 0.160. The first-order valence-electron chi connectivity index (χ1n) is 10.5. The van der Waals surface area contributed by atoms with Gasteiger partial charge in [-0.2, -0.15) is 0 Å². The highest BCUT2D eigenvalue weighted by Gasteiger charge is 2.18. The summed E-state index contributed by atoms with van der Waals surface area (Å²) in [6.07, 6.45) is 2.35. The molecule has 4 rings (SSSR count). The number of phenolic OH excluding ortho intramolecular Hbond substituents is 1. The van der Waals surface area contributed by atoms with Crippen molar-refractivity contribution < 1.29 is 28.2 Å². The van der Waals surface area contributed by atoms with E-state index in [2.05, 4.69) is 46.5 Å². The topological polar surface area (TPSA) is 191 Å². The number of ether oxygens (including phenoxy) is 1. The summed E-state index contributed by atoms with van der Waals surface area (Å²) in [7, 11) is 1.35. The molecule has 7 N–H and O–H groups in total. The van der Waals surface area contributed by atoms with Crippen LogP contribution >= 0.6 is 27.5 Å². The van der Waals surface area contributed by atoms with E-state index in [4.69, 9.17) is 32.9 Å². The van der Waals surface area contributed by atoms with E-state index in [0.717, 1.165) is 24.5 Å². The first kappa shape index (κ1) is 28.9. The molecule has 2 aromatic heterocycles. The fourth-order valence-corrected chi connectivity index (χ4v) is 3.59. The number of anilines is 4. The van der Waals surface area contributed by atoms with Gasteiger partial charge in [-0.1, -0.05) is 11.6 Å². The first-order chi connectivity index (χ1) is 18.5. The molecule has 202 valence electrons. The fraction of sp³-hybridized carbons (Fsp3) is 0.0435. The average molecular weight is 624 g/mol. The van der Waals surface area contributed by atoms with Crippen molar-refractivity contribution in [3.63, 3.8) is 0 Å². The number of hydrogen-bond donors (Lipinski definition) is 5. The van der Waals surface area contributed by atoms with Gasteiger partial charge in [0.05, 0.1) is 7.11 Å². The fourth-order valence-electron chi connectivity index (χ4n) is 2.89. The Morgan fingerprint density at radius 1 is 0.897 bits per heavy atom. The molecule has 0 saturated carbocycles. The lowest BCUT2D eigenvalue weighted by atomic mass is 10.2. The zero-order valence-corrected chi connectivity index (χ0v) is 22.1. The van der Waals surface area contributed by atoms with E-state index in [1.165, 1.54) is 31.6 Å². The summed E-state index contributed by atoms with van der Waals surface area (Å²) >= 11 is 8.86. The Balaban J connectivity index is 0.000000216. The van der Waals surface area contributed by atoms with Crippen molar-refractivity contribution in [3.8, 4) is 11.5 Å². The Labute approximate surface area is 232 Å². The summed E-state index contributed by atoms with van der Waals surface area (Å²) in [5, 5.41) is 13.8. The molecule has 0 aliphatic rings.